The number of aliphatic carboxylic acids is 1. The largest absolute Gasteiger partial charge is 0.481 e. The molecule has 0 aromatic rings. The van der Waals surface area contributed by atoms with Gasteiger partial charge in [0, 0.05) is 0 Å². The molecule has 0 radical (unpaired) electrons. The van der Waals surface area contributed by atoms with Crippen LogP contribution in [0.5, 0.6) is 0 Å². The minimum atomic E-state index is -0.691. The lowest BCUT2D eigenvalue weighted by Gasteiger charge is -2.23. The Kier molecular flexibility index (Phi) is 4.29. The predicted octanol–water partition coefficient (Wildman–Crippen LogP) is 2.92. The van der Waals surface area contributed by atoms with Gasteiger partial charge in [-0.1, -0.05) is 34.1 Å². The van der Waals surface area contributed by atoms with Gasteiger partial charge in [-0.25, -0.2) is 0 Å². The topological polar surface area (TPSA) is 37.3 Å². The quantitative estimate of drug-likeness (QED) is 0.692. The van der Waals surface area contributed by atoms with Gasteiger partial charge in [0.1, 0.15) is 0 Å². The summed E-state index contributed by atoms with van der Waals surface area (Å²) in [5, 5.41) is 8.61. The van der Waals surface area contributed by atoms with E-state index >= 15 is 0 Å². The molecule has 0 aromatic carbocycles. The van der Waals surface area contributed by atoms with Crippen molar-refractivity contribution in [3.63, 3.8) is 0 Å². The number of hydrogen-bond acceptors (Lipinski definition) is 1. The Labute approximate surface area is 75.0 Å². The van der Waals surface area contributed by atoms with Gasteiger partial charge >= 0.3 is 5.97 Å². The first kappa shape index (κ1) is 11.5. The summed E-state index contributed by atoms with van der Waals surface area (Å²) in [5.74, 6) is -0.0261. The molecule has 0 spiro atoms. The summed E-state index contributed by atoms with van der Waals surface area (Å²) in [6.07, 6.45) is 2.39. The van der Waals surface area contributed by atoms with E-state index in [1.807, 2.05) is 13.8 Å². The summed E-state index contributed by atoms with van der Waals surface area (Å²) < 4.78 is 0. The van der Waals surface area contributed by atoms with E-state index < -0.39 is 5.97 Å². The Balaban J connectivity index is 3.78. The van der Waals surface area contributed by atoms with Crippen LogP contribution in [-0.2, 0) is 4.79 Å². The van der Waals surface area contributed by atoms with Gasteiger partial charge in [0.25, 0.3) is 0 Å². The third-order valence-corrected chi connectivity index (χ3v) is 2.03. The van der Waals surface area contributed by atoms with Crippen LogP contribution in [0.2, 0.25) is 0 Å². The van der Waals surface area contributed by atoms with Crippen LogP contribution >= 0.6 is 0 Å². The maximum atomic E-state index is 10.5. The van der Waals surface area contributed by atoms with Gasteiger partial charge in [0.2, 0.25) is 0 Å². The molecule has 0 heterocycles. The molecule has 2 nitrogen and oxygen atoms in total. The maximum Gasteiger partial charge on any atom is 0.303 e. The van der Waals surface area contributed by atoms with E-state index in [1.54, 1.807) is 0 Å². The molecule has 0 atom stereocenters. The molecule has 0 aliphatic heterocycles. The number of hydrogen-bond donors (Lipinski definition) is 1. The lowest BCUT2D eigenvalue weighted by atomic mass is 9.82. The Bertz CT molecular complexity index is 148. The maximum absolute atomic E-state index is 10.5. The second-order valence-electron chi connectivity index (χ2n) is 4.67. The fourth-order valence-electron chi connectivity index (χ4n) is 1.18. The second kappa shape index (κ2) is 4.48. The van der Waals surface area contributed by atoms with E-state index in [9.17, 15) is 4.79 Å². The highest BCUT2D eigenvalue weighted by molar-refractivity contribution is 5.67. The van der Waals surface area contributed by atoms with Crippen LogP contribution in [0.1, 0.15) is 47.0 Å². The van der Waals surface area contributed by atoms with Crippen LogP contribution in [0.25, 0.3) is 0 Å². The van der Waals surface area contributed by atoms with Crippen LogP contribution < -0.4 is 0 Å². The van der Waals surface area contributed by atoms with Crippen LogP contribution in [0.3, 0.4) is 0 Å². The Morgan fingerprint density at radius 3 is 2.25 bits per heavy atom. The molecule has 0 rings (SSSR count). The van der Waals surface area contributed by atoms with E-state index in [0.717, 1.165) is 12.8 Å². The third-order valence-electron chi connectivity index (χ3n) is 2.03. The summed E-state index contributed by atoms with van der Waals surface area (Å²) >= 11 is 0. The molecule has 2 heteroatoms. The van der Waals surface area contributed by atoms with Gasteiger partial charge < -0.3 is 5.11 Å². The van der Waals surface area contributed by atoms with Gasteiger partial charge in [-0.2, -0.15) is 0 Å². The van der Waals surface area contributed by atoms with Gasteiger partial charge in [-0.05, 0) is 17.8 Å². The normalized spacial score (nSPS) is 12.1. The highest BCUT2D eigenvalue weighted by atomic mass is 16.4. The van der Waals surface area contributed by atoms with Crippen molar-refractivity contribution >= 4 is 5.97 Å². The molecule has 0 unspecified atom stereocenters. The highest BCUT2D eigenvalue weighted by Gasteiger charge is 2.21. The SMILES string of the molecule is CC(C)CCC(C)(C)CC(=O)O. The first-order valence-electron chi connectivity index (χ1n) is 4.55. The van der Waals surface area contributed by atoms with E-state index in [0.29, 0.717) is 5.92 Å². The third kappa shape index (κ3) is 6.20. The average molecular weight is 172 g/mol. The molecule has 12 heavy (non-hydrogen) atoms. The van der Waals surface area contributed by atoms with Crippen LogP contribution in [0, 0.1) is 11.3 Å². The van der Waals surface area contributed by atoms with Crippen molar-refractivity contribution in [2.45, 2.75) is 47.0 Å². The van der Waals surface area contributed by atoms with Gasteiger partial charge in [-0.15, -0.1) is 0 Å². The number of carbonyl (C=O) groups is 1. The highest BCUT2D eigenvalue weighted by Crippen LogP contribution is 2.28. The number of carboxylic acids is 1. The number of carboxylic acid groups (broad SMARTS) is 1. The van der Waals surface area contributed by atoms with E-state index in [4.69, 9.17) is 5.11 Å². The monoisotopic (exact) mass is 172 g/mol. The van der Waals surface area contributed by atoms with Gasteiger partial charge in [0.05, 0.1) is 6.42 Å². The zero-order valence-corrected chi connectivity index (χ0v) is 8.55. The van der Waals surface area contributed by atoms with Crippen molar-refractivity contribution in [3.8, 4) is 0 Å². The molecule has 0 saturated carbocycles. The van der Waals surface area contributed by atoms with Crippen LogP contribution in [0.15, 0.2) is 0 Å². The minimum absolute atomic E-state index is 0.0455. The molecule has 1 N–H and O–H groups in total. The Hall–Kier alpha value is -0.530. The van der Waals surface area contributed by atoms with E-state index in [1.165, 1.54) is 0 Å². The van der Waals surface area contributed by atoms with Crippen molar-refractivity contribution in [2.24, 2.45) is 11.3 Å². The summed E-state index contributed by atoms with van der Waals surface area (Å²) in [5.41, 5.74) is -0.0455. The average Bonchev–Trinajstić information content (AvgIpc) is 1.81. The smallest absolute Gasteiger partial charge is 0.303 e. The number of rotatable bonds is 5. The molecular formula is C10H20O2. The fraction of sp³-hybridized carbons (Fsp3) is 0.900. The molecule has 0 aliphatic carbocycles. The first-order valence-corrected chi connectivity index (χ1v) is 4.55. The summed E-state index contributed by atoms with van der Waals surface area (Å²) in [4.78, 5) is 10.5. The lowest BCUT2D eigenvalue weighted by Crippen LogP contribution is -2.17. The summed E-state index contributed by atoms with van der Waals surface area (Å²) in [6, 6.07) is 0. The first-order chi connectivity index (χ1) is 5.33. The van der Waals surface area contributed by atoms with Crippen molar-refractivity contribution < 1.29 is 9.90 Å². The van der Waals surface area contributed by atoms with Crippen molar-refractivity contribution in [1.82, 2.24) is 0 Å². The predicted molar refractivity (Wildman–Crippen MR) is 50.1 cm³/mol. The lowest BCUT2D eigenvalue weighted by molar-refractivity contribution is -0.139. The van der Waals surface area contributed by atoms with Crippen LogP contribution in [0.4, 0.5) is 0 Å². The molecule has 0 saturated heterocycles. The van der Waals surface area contributed by atoms with Crippen LogP contribution in [-0.4, -0.2) is 11.1 Å². The van der Waals surface area contributed by atoms with Gasteiger partial charge in [0.15, 0.2) is 0 Å². The molecular weight excluding hydrogens is 152 g/mol. The standard InChI is InChI=1S/C10H20O2/c1-8(2)5-6-10(3,4)7-9(11)12/h8H,5-7H2,1-4H3,(H,11,12). The molecule has 0 bridgehead atoms. The second-order valence-corrected chi connectivity index (χ2v) is 4.67. The molecule has 0 aliphatic rings. The van der Waals surface area contributed by atoms with E-state index in [2.05, 4.69) is 13.8 Å². The van der Waals surface area contributed by atoms with Crippen molar-refractivity contribution in [3.05, 3.63) is 0 Å². The molecule has 0 aromatic heterocycles. The Morgan fingerprint density at radius 1 is 1.42 bits per heavy atom. The van der Waals surface area contributed by atoms with E-state index in [-0.39, 0.29) is 11.8 Å². The molecule has 0 amide bonds. The fourth-order valence-corrected chi connectivity index (χ4v) is 1.18. The minimum Gasteiger partial charge on any atom is -0.481 e. The zero-order chi connectivity index (χ0) is 9.78. The molecule has 72 valence electrons. The van der Waals surface area contributed by atoms with Crippen molar-refractivity contribution in [1.29, 1.82) is 0 Å². The Morgan fingerprint density at radius 2 is 1.92 bits per heavy atom. The van der Waals surface area contributed by atoms with Crippen molar-refractivity contribution in [2.75, 3.05) is 0 Å². The molecule has 0 fully saturated rings. The van der Waals surface area contributed by atoms with Gasteiger partial charge in [-0.3, -0.25) is 4.79 Å². The summed E-state index contributed by atoms with van der Waals surface area (Å²) in [7, 11) is 0. The zero-order valence-electron chi connectivity index (χ0n) is 8.55. The summed E-state index contributed by atoms with van der Waals surface area (Å²) in [6.45, 7) is 8.36.